The minimum atomic E-state index is -2.91. The second-order valence-corrected chi connectivity index (χ2v) is 10.8. The molecule has 0 aliphatic rings. The first kappa shape index (κ1) is 36.8. The fraction of sp³-hybridized carbons (Fsp3) is 0.900. The van der Waals surface area contributed by atoms with E-state index < -0.39 is 41.6 Å². The van der Waals surface area contributed by atoms with Gasteiger partial charge >= 0.3 is 0 Å². The van der Waals surface area contributed by atoms with Crippen molar-refractivity contribution in [3.05, 3.63) is 0 Å². The van der Waals surface area contributed by atoms with E-state index in [1.807, 2.05) is 0 Å². The van der Waals surface area contributed by atoms with Crippen molar-refractivity contribution in [2.45, 2.75) is 172 Å². The van der Waals surface area contributed by atoms with Crippen LogP contribution in [-0.2, 0) is 14.4 Å². The summed E-state index contributed by atoms with van der Waals surface area (Å²) in [5.41, 5.74) is -2.91. The van der Waals surface area contributed by atoms with Gasteiger partial charge in [0.05, 0.1) is 0 Å². The number of hydrogen-bond acceptors (Lipinski definition) is 8. The van der Waals surface area contributed by atoms with Crippen LogP contribution in [0.2, 0.25) is 0 Å². The minimum absolute atomic E-state index is 0.0339. The van der Waals surface area contributed by atoms with Gasteiger partial charge in [-0.15, -0.1) is 0 Å². The SMILES string of the molecule is CCCCCCCCCCCC(=O)C(O)(C(=O)CCCCCCCCCCC)[C@@H](O)[C@@H](O)[C@H](O)[C@H](O)C=O. The van der Waals surface area contributed by atoms with Crippen LogP contribution in [0.3, 0.4) is 0 Å². The fourth-order valence-electron chi connectivity index (χ4n) is 4.78. The summed E-state index contributed by atoms with van der Waals surface area (Å²) in [5, 5.41) is 51.6. The quantitative estimate of drug-likeness (QED) is 0.0582. The molecule has 8 nitrogen and oxygen atoms in total. The maximum absolute atomic E-state index is 13.0. The molecule has 0 saturated carbocycles. The Labute approximate surface area is 230 Å². The summed E-state index contributed by atoms with van der Waals surface area (Å²) < 4.78 is 0. The molecule has 0 aromatic rings. The molecule has 38 heavy (non-hydrogen) atoms. The zero-order valence-corrected chi connectivity index (χ0v) is 24.0. The summed E-state index contributed by atoms with van der Waals surface area (Å²) in [5.74, 6) is -1.83. The maximum atomic E-state index is 13.0. The highest BCUT2D eigenvalue weighted by molar-refractivity contribution is 6.10. The number of rotatable bonds is 27. The molecule has 0 saturated heterocycles. The van der Waals surface area contributed by atoms with E-state index in [0.717, 1.165) is 51.4 Å². The molecule has 4 atom stereocenters. The Kier molecular flexibility index (Phi) is 21.9. The number of carbonyl (C=O) groups is 3. The van der Waals surface area contributed by atoms with E-state index in [2.05, 4.69) is 13.8 Å². The number of ketones is 2. The van der Waals surface area contributed by atoms with Gasteiger partial charge in [0, 0.05) is 12.8 Å². The summed E-state index contributed by atoms with van der Waals surface area (Å²) in [7, 11) is 0. The third kappa shape index (κ3) is 14.3. The summed E-state index contributed by atoms with van der Waals surface area (Å²) in [6.07, 6.45) is 8.89. The molecule has 0 aromatic carbocycles. The van der Waals surface area contributed by atoms with Crippen LogP contribution in [-0.4, -0.2) is 73.4 Å². The lowest BCUT2D eigenvalue weighted by molar-refractivity contribution is -0.185. The first-order valence-electron chi connectivity index (χ1n) is 15.1. The molecule has 0 aromatic heterocycles. The number of aliphatic hydroxyl groups excluding tert-OH is 4. The Bertz CT molecular complexity index is 589. The highest BCUT2D eigenvalue weighted by Crippen LogP contribution is 2.25. The van der Waals surface area contributed by atoms with Crippen molar-refractivity contribution in [3.63, 3.8) is 0 Å². The molecule has 0 aliphatic carbocycles. The Morgan fingerprint density at radius 3 is 1.21 bits per heavy atom. The van der Waals surface area contributed by atoms with Gasteiger partial charge in [0.25, 0.3) is 0 Å². The lowest BCUT2D eigenvalue weighted by Gasteiger charge is -2.35. The van der Waals surface area contributed by atoms with Crippen molar-refractivity contribution < 1.29 is 39.9 Å². The van der Waals surface area contributed by atoms with E-state index >= 15 is 0 Å². The molecule has 0 amide bonds. The molecule has 5 N–H and O–H groups in total. The zero-order valence-electron chi connectivity index (χ0n) is 24.0. The monoisotopic (exact) mass is 544 g/mol. The highest BCUT2D eigenvalue weighted by Gasteiger charge is 2.53. The van der Waals surface area contributed by atoms with Crippen molar-refractivity contribution in [1.82, 2.24) is 0 Å². The third-order valence-corrected chi connectivity index (χ3v) is 7.46. The van der Waals surface area contributed by atoms with Crippen molar-refractivity contribution in [2.75, 3.05) is 0 Å². The van der Waals surface area contributed by atoms with Crippen LogP contribution in [0.25, 0.3) is 0 Å². The maximum Gasteiger partial charge on any atom is 0.209 e. The molecule has 8 heteroatoms. The topological polar surface area (TPSA) is 152 Å². The molecule has 0 spiro atoms. The minimum Gasteiger partial charge on any atom is -0.387 e. The second-order valence-electron chi connectivity index (χ2n) is 10.8. The summed E-state index contributed by atoms with van der Waals surface area (Å²) in [6.45, 7) is 4.33. The summed E-state index contributed by atoms with van der Waals surface area (Å²) in [4.78, 5) is 36.8. The summed E-state index contributed by atoms with van der Waals surface area (Å²) >= 11 is 0. The largest absolute Gasteiger partial charge is 0.387 e. The van der Waals surface area contributed by atoms with E-state index in [-0.39, 0.29) is 19.1 Å². The van der Waals surface area contributed by atoms with Gasteiger partial charge in [-0.1, -0.05) is 117 Å². The van der Waals surface area contributed by atoms with Crippen molar-refractivity contribution >= 4 is 17.9 Å². The first-order chi connectivity index (χ1) is 18.2. The molecule has 224 valence electrons. The zero-order chi connectivity index (χ0) is 28.8. The van der Waals surface area contributed by atoms with Crippen LogP contribution in [0.15, 0.2) is 0 Å². The standard InChI is InChI=1S/C30H56O8/c1-3-5-7-9-11-13-15-17-19-21-25(33)30(38,29(37)28(36)27(35)24(32)23-31)26(34)22-20-18-16-14-12-10-8-6-4-2/h23-24,27-29,32,35-38H,3-22H2,1-2H3/t24-,27-,28+,29+/m1/s1. The van der Waals surface area contributed by atoms with Crippen LogP contribution < -0.4 is 0 Å². The van der Waals surface area contributed by atoms with Gasteiger partial charge in [-0.25, -0.2) is 0 Å². The molecular weight excluding hydrogens is 488 g/mol. The predicted molar refractivity (Wildman–Crippen MR) is 149 cm³/mol. The van der Waals surface area contributed by atoms with Crippen molar-refractivity contribution in [1.29, 1.82) is 0 Å². The number of Topliss-reactive ketones (excluding diaryl/α,β-unsaturated/α-hetero) is 2. The van der Waals surface area contributed by atoms with Gasteiger partial charge in [-0.2, -0.15) is 0 Å². The van der Waals surface area contributed by atoms with Crippen molar-refractivity contribution in [3.8, 4) is 0 Å². The Hall–Kier alpha value is -1.19. The van der Waals surface area contributed by atoms with Crippen LogP contribution in [0, 0.1) is 0 Å². The Balaban J connectivity index is 4.95. The van der Waals surface area contributed by atoms with E-state index in [9.17, 15) is 39.9 Å². The van der Waals surface area contributed by atoms with Crippen LogP contribution >= 0.6 is 0 Å². The second kappa shape index (κ2) is 22.6. The van der Waals surface area contributed by atoms with Gasteiger partial charge in [0.15, 0.2) is 17.9 Å². The Morgan fingerprint density at radius 1 is 0.579 bits per heavy atom. The highest BCUT2D eigenvalue weighted by atomic mass is 16.4. The molecule has 0 aliphatic heterocycles. The molecule has 0 rings (SSSR count). The lowest BCUT2D eigenvalue weighted by atomic mass is 9.79. The number of hydrogen-bond donors (Lipinski definition) is 5. The number of carbonyl (C=O) groups excluding carboxylic acids is 3. The molecule has 0 radical (unpaired) electrons. The van der Waals surface area contributed by atoms with Gasteiger partial charge in [0.1, 0.15) is 24.4 Å². The molecule has 0 unspecified atom stereocenters. The van der Waals surface area contributed by atoms with Crippen LogP contribution in [0.1, 0.15) is 142 Å². The fourth-order valence-corrected chi connectivity index (χ4v) is 4.78. The predicted octanol–water partition coefficient (Wildman–Crippen LogP) is 4.34. The normalized spacial score (nSPS) is 15.1. The van der Waals surface area contributed by atoms with E-state index in [1.54, 1.807) is 0 Å². The summed E-state index contributed by atoms with van der Waals surface area (Å²) in [6, 6.07) is 0. The Morgan fingerprint density at radius 2 is 0.895 bits per heavy atom. The van der Waals surface area contributed by atoms with E-state index in [0.29, 0.717) is 12.8 Å². The number of aldehydes is 1. The first-order valence-corrected chi connectivity index (χ1v) is 15.1. The van der Waals surface area contributed by atoms with Crippen molar-refractivity contribution in [2.24, 2.45) is 0 Å². The van der Waals surface area contributed by atoms with Gasteiger partial charge in [-0.3, -0.25) is 9.59 Å². The molecule has 0 heterocycles. The van der Waals surface area contributed by atoms with Crippen LogP contribution in [0.4, 0.5) is 0 Å². The van der Waals surface area contributed by atoms with E-state index in [1.165, 1.54) is 51.4 Å². The molecule has 0 bridgehead atoms. The van der Waals surface area contributed by atoms with Gasteiger partial charge < -0.3 is 30.3 Å². The lowest BCUT2D eigenvalue weighted by Crippen LogP contribution is -2.63. The van der Waals surface area contributed by atoms with Gasteiger partial charge in [-0.05, 0) is 12.8 Å². The smallest absolute Gasteiger partial charge is 0.209 e. The number of aliphatic hydroxyl groups is 5. The number of unbranched alkanes of at least 4 members (excludes halogenated alkanes) is 16. The third-order valence-electron chi connectivity index (χ3n) is 7.46. The molecular formula is C30H56O8. The average molecular weight is 545 g/mol. The molecule has 0 fully saturated rings. The van der Waals surface area contributed by atoms with Crippen LogP contribution in [0.5, 0.6) is 0 Å². The van der Waals surface area contributed by atoms with E-state index in [4.69, 9.17) is 0 Å². The van der Waals surface area contributed by atoms with Gasteiger partial charge in [0.2, 0.25) is 5.60 Å². The average Bonchev–Trinajstić information content (AvgIpc) is 2.92.